The molecule has 18 heavy (non-hydrogen) atoms. The molecule has 0 saturated heterocycles. The van der Waals surface area contributed by atoms with Crippen molar-refractivity contribution in [3.8, 4) is 0 Å². The molecule has 0 aliphatic carbocycles. The van der Waals surface area contributed by atoms with Crippen LogP contribution in [0.4, 0.5) is 0 Å². The molecule has 98 valence electrons. The molecule has 2 rings (SSSR count). The maximum atomic E-state index is 11.8. The van der Waals surface area contributed by atoms with Crippen molar-refractivity contribution < 1.29 is 8.42 Å². The Morgan fingerprint density at radius 2 is 1.89 bits per heavy atom. The minimum absolute atomic E-state index is 0.0523. The predicted octanol–water partition coefficient (Wildman–Crippen LogP) is -1.90. The van der Waals surface area contributed by atoms with E-state index in [0.717, 1.165) is 13.4 Å². The molecule has 11 heteroatoms. The lowest BCUT2D eigenvalue weighted by molar-refractivity contribution is 0.517. The van der Waals surface area contributed by atoms with Gasteiger partial charge in [0, 0.05) is 21.1 Å². The summed E-state index contributed by atoms with van der Waals surface area (Å²) < 4.78 is 25.9. The van der Waals surface area contributed by atoms with E-state index in [-0.39, 0.29) is 9.30 Å². The number of nitrogens with zero attached hydrogens (tertiary/aromatic N) is 5. The number of hydrogen-bond donors (Lipinski definition) is 0. The summed E-state index contributed by atoms with van der Waals surface area (Å²) in [6.07, 6.45) is 0. The molecule has 0 aromatic carbocycles. The molecule has 0 saturated carbocycles. The van der Waals surface area contributed by atoms with Gasteiger partial charge in [-0.25, -0.2) is 26.9 Å². The van der Waals surface area contributed by atoms with Crippen LogP contribution in [0.3, 0.4) is 0 Å². The zero-order valence-corrected chi connectivity index (χ0v) is 11.3. The molecule has 0 N–H and O–H groups in total. The van der Waals surface area contributed by atoms with Gasteiger partial charge in [-0.2, -0.15) is 9.50 Å². The first-order chi connectivity index (χ1) is 8.25. The van der Waals surface area contributed by atoms with E-state index in [2.05, 4.69) is 10.1 Å². The highest BCUT2D eigenvalue weighted by Crippen LogP contribution is 2.17. The molecule has 9 nitrogen and oxygen atoms in total. The summed E-state index contributed by atoms with van der Waals surface area (Å²) in [5.74, 6) is 0. The Hall–Kier alpha value is -1.59. The van der Waals surface area contributed by atoms with Crippen LogP contribution in [0.1, 0.15) is 0 Å². The van der Waals surface area contributed by atoms with Gasteiger partial charge in [-0.1, -0.05) is 11.3 Å². The molecule has 0 spiro atoms. The van der Waals surface area contributed by atoms with Crippen LogP contribution in [-0.4, -0.2) is 46.0 Å². The van der Waals surface area contributed by atoms with E-state index in [1.807, 2.05) is 0 Å². The Bertz CT molecular complexity index is 828. The number of rotatable bonds is 2. The molecule has 0 aliphatic rings. The third kappa shape index (κ3) is 1.76. The summed E-state index contributed by atoms with van der Waals surface area (Å²) in [7, 11) is 0.176. The van der Waals surface area contributed by atoms with Crippen molar-refractivity contribution in [2.75, 3.05) is 14.1 Å². The third-order valence-electron chi connectivity index (χ3n) is 2.19. The van der Waals surface area contributed by atoms with Gasteiger partial charge in [-0.05, 0) is 0 Å². The smallest absolute Gasteiger partial charge is 0.245 e. The molecule has 0 radical (unpaired) electrons. The minimum Gasteiger partial charge on any atom is -0.245 e. The summed E-state index contributed by atoms with van der Waals surface area (Å²) >= 11 is 0.667. The van der Waals surface area contributed by atoms with Crippen molar-refractivity contribution in [2.24, 2.45) is 7.05 Å². The summed E-state index contributed by atoms with van der Waals surface area (Å²) in [6.45, 7) is 0. The van der Waals surface area contributed by atoms with E-state index < -0.39 is 21.4 Å². The third-order valence-corrected chi connectivity index (χ3v) is 5.26. The Morgan fingerprint density at radius 1 is 1.28 bits per heavy atom. The van der Waals surface area contributed by atoms with Gasteiger partial charge in [0.1, 0.15) is 0 Å². The normalized spacial score (nSPS) is 12.4. The zero-order valence-electron chi connectivity index (χ0n) is 9.69. The van der Waals surface area contributed by atoms with Gasteiger partial charge in [0.05, 0.1) is 0 Å². The zero-order chi connectivity index (χ0) is 13.7. The van der Waals surface area contributed by atoms with Crippen LogP contribution >= 0.6 is 11.3 Å². The van der Waals surface area contributed by atoms with Gasteiger partial charge >= 0.3 is 11.4 Å². The molecule has 0 fully saturated rings. The molecule has 0 aliphatic heterocycles. The Labute approximate surface area is 105 Å². The van der Waals surface area contributed by atoms with Crippen LogP contribution in [0.15, 0.2) is 13.9 Å². The fraction of sp³-hybridized carbons (Fsp3) is 0.429. The fourth-order valence-corrected chi connectivity index (χ4v) is 3.30. The van der Waals surface area contributed by atoms with E-state index in [4.69, 9.17) is 0 Å². The van der Waals surface area contributed by atoms with E-state index in [0.29, 0.717) is 11.3 Å². The van der Waals surface area contributed by atoms with Gasteiger partial charge in [-0.15, -0.1) is 5.10 Å². The highest BCUT2D eigenvalue weighted by molar-refractivity contribution is 7.91. The SMILES string of the molecule is CN(C)S(=O)(=O)c1nn2c(=O)n(C)c(=O)nc2s1. The van der Waals surface area contributed by atoms with Crippen molar-refractivity contribution in [1.82, 2.24) is 23.5 Å². The molecule has 2 aromatic heterocycles. The first kappa shape index (κ1) is 12.9. The summed E-state index contributed by atoms with van der Waals surface area (Å²) in [6, 6.07) is 0. The fourth-order valence-electron chi connectivity index (χ4n) is 1.10. The highest BCUT2D eigenvalue weighted by Gasteiger charge is 2.24. The van der Waals surface area contributed by atoms with E-state index >= 15 is 0 Å². The van der Waals surface area contributed by atoms with Crippen molar-refractivity contribution in [3.63, 3.8) is 0 Å². The van der Waals surface area contributed by atoms with Crippen LogP contribution in [0, 0.1) is 0 Å². The van der Waals surface area contributed by atoms with Crippen LogP contribution in [0.5, 0.6) is 0 Å². The van der Waals surface area contributed by atoms with Crippen molar-refractivity contribution in [2.45, 2.75) is 4.34 Å². The Balaban J connectivity index is 2.86. The maximum Gasteiger partial charge on any atom is 0.355 e. The molecular formula is C7H9N5O4S2. The molecule has 0 atom stereocenters. The predicted molar refractivity (Wildman–Crippen MR) is 63.2 cm³/mol. The van der Waals surface area contributed by atoms with Crippen molar-refractivity contribution >= 4 is 26.3 Å². The van der Waals surface area contributed by atoms with Gasteiger partial charge in [0.15, 0.2) is 0 Å². The summed E-state index contributed by atoms with van der Waals surface area (Å²) in [4.78, 5) is 26.5. The monoisotopic (exact) mass is 291 g/mol. The Morgan fingerprint density at radius 3 is 2.44 bits per heavy atom. The molecule has 0 amide bonds. The van der Waals surface area contributed by atoms with E-state index in [1.54, 1.807) is 0 Å². The second-order valence-corrected chi connectivity index (χ2v) is 6.87. The van der Waals surface area contributed by atoms with Crippen LogP contribution < -0.4 is 11.4 Å². The lowest BCUT2D eigenvalue weighted by Crippen LogP contribution is -2.37. The number of aromatic nitrogens is 4. The topological polar surface area (TPSA) is 107 Å². The lowest BCUT2D eigenvalue weighted by atomic mass is 10.9. The van der Waals surface area contributed by atoms with E-state index in [9.17, 15) is 18.0 Å². The lowest BCUT2D eigenvalue weighted by Gasteiger charge is -2.06. The van der Waals surface area contributed by atoms with Gasteiger partial charge < -0.3 is 0 Å². The largest absolute Gasteiger partial charge is 0.355 e. The van der Waals surface area contributed by atoms with Crippen molar-refractivity contribution in [1.29, 1.82) is 0 Å². The second-order valence-electron chi connectivity index (χ2n) is 3.59. The molecule has 2 heterocycles. The average Bonchev–Trinajstić information content (AvgIpc) is 2.70. The molecule has 0 bridgehead atoms. The summed E-state index contributed by atoms with van der Waals surface area (Å²) in [5, 5.41) is 3.68. The van der Waals surface area contributed by atoms with Crippen molar-refractivity contribution in [3.05, 3.63) is 21.0 Å². The molecular weight excluding hydrogens is 282 g/mol. The molecule has 2 aromatic rings. The summed E-state index contributed by atoms with van der Waals surface area (Å²) in [5.41, 5.74) is -1.49. The van der Waals surface area contributed by atoms with E-state index in [1.165, 1.54) is 21.1 Å². The van der Waals surface area contributed by atoms with Crippen LogP contribution in [-0.2, 0) is 17.1 Å². The average molecular weight is 291 g/mol. The maximum absolute atomic E-state index is 11.8. The molecule has 0 unspecified atom stereocenters. The quantitative estimate of drug-likeness (QED) is 0.639. The Kier molecular flexibility index (Phi) is 2.83. The second kappa shape index (κ2) is 3.96. The van der Waals surface area contributed by atoms with Gasteiger partial charge in [0.25, 0.3) is 10.0 Å². The number of hydrogen-bond acceptors (Lipinski definition) is 7. The van der Waals surface area contributed by atoms with Gasteiger partial charge in [0.2, 0.25) is 9.30 Å². The number of fused-ring (bicyclic) bond motifs is 1. The van der Waals surface area contributed by atoms with Crippen LogP contribution in [0.25, 0.3) is 4.96 Å². The minimum atomic E-state index is -3.75. The first-order valence-corrected chi connectivity index (χ1v) is 6.90. The number of sulfonamides is 1. The van der Waals surface area contributed by atoms with Crippen LogP contribution in [0.2, 0.25) is 0 Å². The first-order valence-electron chi connectivity index (χ1n) is 4.64. The standard InChI is InChI=1S/C7H9N5O4S2/c1-10(2)18(15,16)6-9-12-5(17-6)8-4(13)11(3)7(12)14/h1-3H3. The highest BCUT2D eigenvalue weighted by atomic mass is 32.2. The van der Waals surface area contributed by atoms with Gasteiger partial charge in [-0.3, -0.25) is 0 Å².